The van der Waals surface area contributed by atoms with E-state index in [-0.39, 0.29) is 18.6 Å². The molecule has 1 saturated heterocycles. The van der Waals surface area contributed by atoms with Crippen molar-refractivity contribution in [2.75, 3.05) is 26.2 Å². The minimum absolute atomic E-state index is 0.00890. The number of piperazine rings is 1. The summed E-state index contributed by atoms with van der Waals surface area (Å²) in [5, 5.41) is 15.8. The Hall–Kier alpha value is -2.32. The molecule has 0 bridgehead atoms. The van der Waals surface area contributed by atoms with E-state index in [0.717, 1.165) is 6.07 Å². The van der Waals surface area contributed by atoms with E-state index in [0.29, 0.717) is 43.9 Å². The smallest absolute Gasteiger partial charge is 0.271 e. The normalized spacial score (nSPS) is 18.5. The van der Waals surface area contributed by atoms with Gasteiger partial charge in [0.1, 0.15) is 5.69 Å². The third-order valence-electron chi connectivity index (χ3n) is 4.46. The zero-order valence-electron chi connectivity index (χ0n) is 13.7. The number of aliphatic hydroxyl groups excluding tert-OH is 1. The molecule has 0 spiro atoms. The largest absolute Gasteiger partial charge is 0.396 e. The van der Waals surface area contributed by atoms with Crippen molar-refractivity contribution >= 4 is 5.91 Å². The van der Waals surface area contributed by atoms with Crippen molar-refractivity contribution in [2.45, 2.75) is 19.0 Å². The molecule has 0 saturated carbocycles. The highest BCUT2D eigenvalue weighted by Gasteiger charge is 2.30. The fourth-order valence-corrected chi connectivity index (χ4v) is 3.13. The minimum atomic E-state index is -0.871. The highest BCUT2D eigenvalue weighted by Crippen LogP contribution is 2.19. The van der Waals surface area contributed by atoms with Crippen LogP contribution in [-0.4, -0.2) is 63.3 Å². The van der Waals surface area contributed by atoms with Crippen LogP contribution in [0.2, 0.25) is 0 Å². The average Bonchev–Trinajstić information content (AvgIpc) is 3.14. The molecule has 6 nitrogen and oxygen atoms in total. The molecule has 0 aliphatic carbocycles. The van der Waals surface area contributed by atoms with E-state index >= 15 is 0 Å². The molecule has 1 aromatic heterocycles. The number of aliphatic hydroxyl groups is 1. The van der Waals surface area contributed by atoms with E-state index < -0.39 is 11.6 Å². The molecule has 3 rings (SSSR count). The fourth-order valence-electron chi connectivity index (χ4n) is 3.13. The van der Waals surface area contributed by atoms with Crippen LogP contribution in [0.1, 0.15) is 22.5 Å². The van der Waals surface area contributed by atoms with Crippen molar-refractivity contribution in [2.24, 2.45) is 0 Å². The SMILES string of the molecule is O=C(c1ccn[nH]1)N1CCN(Cc2ccc(F)c(F)c2)C(CCO)C1. The molecular weight excluding hydrogens is 330 g/mol. The van der Waals surface area contributed by atoms with E-state index in [9.17, 15) is 18.7 Å². The Morgan fingerprint density at radius 1 is 1.28 bits per heavy atom. The summed E-state index contributed by atoms with van der Waals surface area (Å²) in [6, 6.07) is 5.42. The first-order valence-electron chi connectivity index (χ1n) is 8.16. The number of amides is 1. The van der Waals surface area contributed by atoms with E-state index in [1.807, 2.05) is 0 Å². The first kappa shape index (κ1) is 17.5. The zero-order chi connectivity index (χ0) is 17.8. The topological polar surface area (TPSA) is 72.5 Å². The summed E-state index contributed by atoms with van der Waals surface area (Å²) >= 11 is 0. The molecule has 1 atom stereocenters. The van der Waals surface area contributed by atoms with Crippen molar-refractivity contribution in [3.63, 3.8) is 0 Å². The molecule has 8 heteroatoms. The van der Waals surface area contributed by atoms with Crippen molar-refractivity contribution < 1.29 is 18.7 Å². The number of nitrogens with one attached hydrogen (secondary N) is 1. The number of nitrogens with zero attached hydrogens (tertiary/aromatic N) is 3. The van der Waals surface area contributed by atoms with Crippen LogP contribution >= 0.6 is 0 Å². The standard InChI is InChI=1S/C17H20F2N4O2/c18-14-2-1-12(9-15(14)19)10-22-6-7-23(11-13(22)4-8-24)17(25)16-3-5-20-21-16/h1-3,5,9,13,24H,4,6-8,10-11H2,(H,20,21). The molecule has 1 aliphatic rings. The second kappa shape index (κ2) is 7.71. The van der Waals surface area contributed by atoms with Gasteiger partial charge in [-0.25, -0.2) is 8.78 Å². The number of H-pyrrole nitrogens is 1. The highest BCUT2D eigenvalue weighted by atomic mass is 19.2. The van der Waals surface area contributed by atoms with Gasteiger partial charge in [-0.2, -0.15) is 5.10 Å². The molecule has 1 aliphatic heterocycles. The Labute approximate surface area is 144 Å². The molecule has 1 unspecified atom stereocenters. The first-order chi connectivity index (χ1) is 12.1. The average molecular weight is 350 g/mol. The molecule has 2 heterocycles. The van der Waals surface area contributed by atoms with Gasteiger partial charge in [-0.15, -0.1) is 0 Å². The van der Waals surface area contributed by atoms with Crippen molar-refractivity contribution in [1.29, 1.82) is 0 Å². The van der Waals surface area contributed by atoms with E-state index in [1.165, 1.54) is 12.3 Å². The monoisotopic (exact) mass is 350 g/mol. The van der Waals surface area contributed by atoms with E-state index in [1.54, 1.807) is 17.0 Å². The maximum absolute atomic E-state index is 13.4. The predicted octanol–water partition coefficient (Wildman–Crippen LogP) is 1.40. The number of carbonyl (C=O) groups is 1. The minimum Gasteiger partial charge on any atom is -0.396 e. The lowest BCUT2D eigenvalue weighted by Crippen LogP contribution is -2.54. The van der Waals surface area contributed by atoms with Gasteiger partial charge in [0, 0.05) is 45.0 Å². The summed E-state index contributed by atoms with van der Waals surface area (Å²) in [6.07, 6.45) is 2.02. The summed E-state index contributed by atoms with van der Waals surface area (Å²) in [7, 11) is 0. The van der Waals surface area contributed by atoms with Crippen LogP contribution in [0.25, 0.3) is 0 Å². The van der Waals surface area contributed by atoms with Gasteiger partial charge in [0.15, 0.2) is 11.6 Å². The van der Waals surface area contributed by atoms with Crippen LogP contribution < -0.4 is 0 Å². The molecular formula is C17H20F2N4O2. The Kier molecular flexibility index (Phi) is 5.40. The molecule has 25 heavy (non-hydrogen) atoms. The number of carbonyl (C=O) groups excluding carboxylic acids is 1. The van der Waals surface area contributed by atoms with Crippen LogP contribution in [0, 0.1) is 11.6 Å². The van der Waals surface area contributed by atoms with Gasteiger partial charge in [-0.05, 0) is 30.2 Å². The molecule has 1 aromatic carbocycles. The Balaban J connectivity index is 1.69. The van der Waals surface area contributed by atoms with Crippen molar-refractivity contribution in [1.82, 2.24) is 20.0 Å². The summed E-state index contributed by atoms with van der Waals surface area (Å²) in [6.45, 7) is 1.99. The maximum atomic E-state index is 13.4. The zero-order valence-corrected chi connectivity index (χ0v) is 13.7. The van der Waals surface area contributed by atoms with Crippen LogP contribution in [0.5, 0.6) is 0 Å². The highest BCUT2D eigenvalue weighted by molar-refractivity contribution is 5.92. The number of hydrogen-bond donors (Lipinski definition) is 2. The Morgan fingerprint density at radius 2 is 2.12 bits per heavy atom. The van der Waals surface area contributed by atoms with E-state index in [4.69, 9.17) is 0 Å². The molecule has 1 amide bonds. The van der Waals surface area contributed by atoms with Gasteiger partial charge in [0.05, 0.1) is 0 Å². The number of benzene rings is 1. The number of aromatic amines is 1. The van der Waals surface area contributed by atoms with E-state index in [2.05, 4.69) is 15.1 Å². The Bertz CT molecular complexity index is 723. The number of hydrogen-bond acceptors (Lipinski definition) is 4. The van der Waals surface area contributed by atoms with Gasteiger partial charge in [0.2, 0.25) is 0 Å². The van der Waals surface area contributed by atoms with Crippen LogP contribution in [0.4, 0.5) is 8.78 Å². The third kappa shape index (κ3) is 4.02. The summed E-state index contributed by atoms with van der Waals surface area (Å²) < 4.78 is 26.5. The van der Waals surface area contributed by atoms with Gasteiger partial charge in [0.25, 0.3) is 5.91 Å². The van der Waals surface area contributed by atoms with Gasteiger partial charge in [-0.3, -0.25) is 14.8 Å². The molecule has 134 valence electrons. The molecule has 2 aromatic rings. The lowest BCUT2D eigenvalue weighted by molar-refractivity contribution is 0.0390. The van der Waals surface area contributed by atoms with Gasteiger partial charge >= 0.3 is 0 Å². The van der Waals surface area contributed by atoms with Crippen LogP contribution in [-0.2, 0) is 6.54 Å². The molecule has 0 radical (unpaired) electrons. The number of aromatic nitrogens is 2. The second-order valence-electron chi connectivity index (χ2n) is 6.11. The predicted molar refractivity (Wildman–Crippen MR) is 86.8 cm³/mol. The molecule has 1 fully saturated rings. The third-order valence-corrected chi connectivity index (χ3v) is 4.46. The van der Waals surface area contributed by atoms with Gasteiger partial charge in [-0.1, -0.05) is 6.07 Å². The van der Waals surface area contributed by atoms with Crippen molar-refractivity contribution in [3.8, 4) is 0 Å². The van der Waals surface area contributed by atoms with Crippen LogP contribution in [0.15, 0.2) is 30.5 Å². The molecule has 2 N–H and O–H groups in total. The maximum Gasteiger partial charge on any atom is 0.271 e. The second-order valence-corrected chi connectivity index (χ2v) is 6.11. The Morgan fingerprint density at radius 3 is 2.80 bits per heavy atom. The van der Waals surface area contributed by atoms with Crippen molar-refractivity contribution in [3.05, 3.63) is 53.4 Å². The first-order valence-corrected chi connectivity index (χ1v) is 8.16. The van der Waals surface area contributed by atoms with Crippen LogP contribution in [0.3, 0.4) is 0 Å². The number of rotatable bonds is 5. The van der Waals surface area contributed by atoms with Gasteiger partial charge < -0.3 is 10.0 Å². The fraction of sp³-hybridized carbons (Fsp3) is 0.412. The number of halogens is 2. The lowest BCUT2D eigenvalue weighted by Gasteiger charge is -2.41. The summed E-state index contributed by atoms with van der Waals surface area (Å²) in [5.74, 6) is -1.87. The quantitative estimate of drug-likeness (QED) is 0.855. The summed E-state index contributed by atoms with van der Waals surface area (Å²) in [4.78, 5) is 16.2. The summed E-state index contributed by atoms with van der Waals surface area (Å²) in [5.41, 5.74) is 1.09. The lowest BCUT2D eigenvalue weighted by atomic mass is 10.1.